The molecule has 0 aliphatic carbocycles. The summed E-state index contributed by atoms with van der Waals surface area (Å²) < 4.78 is 6.62. The van der Waals surface area contributed by atoms with E-state index in [4.69, 9.17) is 4.42 Å². The first kappa shape index (κ1) is 25.8. The van der Waals surface area contributed by atoms with E-state index in [9.17, 15) is 0 Å². The molecule has 0 fully saturated rings. The van der Waals surface area contributed by atoms with Gasteiger partial charge in [0.05, 0.1) is 5.69 Å². The van der Waals surface area contributed by atoms with Crippen molar-refractivity contribution in [3.8, 4) is 33.6 Å². The van der Waals surface area contributed by atoms with Crippen molar-refractivity contribution in [2.75, 3.05) is 4.90 Å². The lowest BCUT2D eigenvalue weighted by molar-refractivity contribution is 0.632. The second-order valence-corrected chi connectivity index (χ2v) is 11.0. The molecule has 0 radical (unpaired) electrons. The van der Waals surface area contributed by atoms with Gasteiger partial charge in [0.2, 0.25) is 0 Å². The van der Waals surface area contributed by atoms with Crippen LogP contribution < -0.4 is 4.90 Å². The van der Waals surface area contributed by atoms with E-state index in [1.807, 2.05) is 12.1 Å². The lowest BCUT2D eigenvalue weighted by atomic mass is 9.98. The number of anilines is 3. The SMILES string of the molecule is c1ccc(-c2ccccc2N(c2cccc(-c3oc4ccccc4c3-c3ccccc3)c2)c2ccc3ccccc3c2)cc1. The van der Waals surface area contributed by atoms with Gasteiger partial charge in [-0.1, -0.05) is 140 Å². The highest BCUT2D eigenvalue weighted by atomic mass is 16.3. The Morgan fingerprint density at radius 2 is 1.05 bits per heavy atom. The molecule has 0 spiro atoms. The molecule has 0 saturated carbocycles. The third-order valence-corrected chi connectivity index (χ3v) is 8.25. The van der Waals surface area contributed by atoms with Gasteiger partial charge in [0.1, 0.15) is 11.3 Å². The van der Waals surface area contributed by atoms with E-state index < -0.39 is 0 Å². The van der Waals surface area contributed by atoms with Gasteiger partial charge in [-0.15, -0.1) is 0 Å². The van der Waals surface area contributed by atoms with Crippen molar-refractivity contribution in [3.05, 3.63) is 176 Å². The average molecular weight is 564 g/mol. The van der Waals surface area contributed by atoms with Gasteiger partial charge in [-0.05, 0) is 58.3 Å². The van der Waals surface area contributed by atoms with Crippen LogP contribution in [0.3, 0.4) is 0 Å². The number of rotatable bonds is 6. The van der Waals surface area contributed by atoms with Gasteiger partial charge in [-0.2, -0.15) is 0 Å². The van der Waals surface area contributed by atoms with Gasteiger partial charge in [0, 0.05) is 33.5 Å². The quantitative estimate of drug-likeness (QED) is 0.200. The second-order valence-electron chi connectivity index (χ2n) is 11.0. The fourth-order valence-corrected chi connectivity index (χ4v) is 6.20. The molecule has 0 N–H and O–H groups in total. The van der Waals surface area contributed by atoms with Crippen LogP contribution in [-0.2, 0) is 0 Å². The largest absolute Gasteiger partial charge is 0.455 e. The molecule has 44 heavy (non-hydrogen) atoms. The minimum Gasteiger partial charge on any atom is -0.455 e. The van der Waals surface area contributed by atoms with Gasteiger partial charge in [-0.3, -0.25) is 0 Å². The maximum absolute atomic E-state index is 6.62. The van der Waals surface area contributed by atoms with Crippen LogP contribution in [0.1, 0.15) is 0 Å². The Kier molecular flexibility index (Phi) is 6.51. The summed E-state index contributed by atoms with van der Waals surface area (Å²) in [5.74, 6) is 0.869. The molecule has 0 bridgehead atoms. The lowest BCUT2D eigenvalue weighted by Crippen LogP contribution is -2.11. The molecule has 2 nitrogen and oxygen atoms in total. The number of fused-ring (bicyclic) bond motifs is 2. The maximum Gasteiger partial charge on any atom is 0.143 e. The third kappa shape index (κ3) is 4.63. The molecule has 208 valence electrons. The fourth-order valence-electron chi connectivity index (χ4n) is 6.20. The number of benzene rings is 7. The minimum absolute atomic E-state index is 0.869. The lowest BCUT2D eigenvalue weighted by Gasteiger charge is -2.28. The van der Waals surface area contributed by atoms with Gasteiger partial charge >= 0.3 is 0 Å². The zero-order chi connectivity index (χ0) is 29.3. The van der Waals surface area contributed by atoms with E-state index in [0.29, 0.717) is 0 Å². The summed E-state index contributed by atoms with van der Waals surface area (Å²) in [7, 11) is 0. The zero-order valence-electron chi connectivity index (χ0n) is 24.1. The number of hydrogen-bond acceptors (Lipinski definition) is 2. The Labute approximate surface area is 257 Å². The topological polar surface area (TPSA) is 16.4 Å². The summed E-state index contributed by atoms with van der Waals surface area (Å²) in [5, 5.41) is 3.53. The summed E-state index contributed by atoms with van der Waals surface area (Å²) in [5.41, 5.74) is 9.76. The molecule has 8 rings (SSSR count). The smallest absolute Gasteiger partial charge is 0.143 e. The maximum atomic E-state index is 6.62. The normalized spacial score (nSPS) is 11.2. The summed E-state index contributed by atoms with van der Waals surface area (Å²) in [6.45, 7) is 0. The van der Waals surface area contributed by atoms with E-state index in [2.05, 4.69) is 169 Å². The van der Waals surface area contributed by atoms with Crippen molar-refractivity contribution >= 4 is 38.8 Å². The summed E-state index contributed by atoms with van der Waals surface area (Å²) in [4.78, 5) is 2.36. The molecular weight excluding hydrogens is 534 g/mol. The van der Waals surface area contributed by atoms with Crippen LogP contribution in [0.5, 0.6) is 0 Å². The van der Waals surface area contributed by atoms with Crippen LogP contribution >= 0.6 is 0 Å². The Hall–Kier alpha value is -5.86. The first-order valence-electron chi connectivity index (χ1n) is 14.9. The zero-order valence-corrected chi connectivity index (χ0v) is 24.1. The van der Waals surface area contributed by atoms with Gasteiger partial charge in [0.15, 0.2) is 0 Å². The Morgan fingerprint density at radius 1 is 0.409 bits per heavy atom. The number of furan rings is 1. The standard InChI is InChI=1S/C42H29NO/c1-3-15-31(16-4-1)37-22-9-11-24-39(37)43(36-27-26-30-14-7-8-19-33(30)28-36)35-21-13-20-34(29-35)42-41(32-17-5-2-6-18-32)38-23-10-12-25-40(38)44-42/h1-29H. The first-order valence-corrected chi connectivity index (χ1v) is 14.9. The molecule has 0 aliphatic heterocycles. The fraction of sp³-hybridized carbons (Fsp3) is 0. The molecule has 1 aromatic heterocycles. The predicted octanol–water partition coefficient (Wildman–Crippen LogP) is 12.1. The van der Waals surface area contributed by atoms with Crippen molar-refractivity contribution in [1.29, 1.82) is 0 Å². The Morgan fingerprint density at radius 3 is 1.89 bits per heavy atom. The van der Waals surface area contributed by atoms with Crippen molar-refractivity contribution in [3.63, 3.8) is 0 Å². The summed E-state index contributed by atoms with van der Waals surface area (Å²) >= 11 is 0. The van der Waals surface area contributed by atoms with E-state index in [1.54, 1.807) is 0 Å². The molecular formula is C42H29NO. The van der Waals surface area contributed by atoms with Crippen molar-refractivity contribution < 1.29 is 4.42 Å². The van der Waals surface area contributed by atoms with Gasteiger partial charge < -0.3 is 9.32 Å². The molecule has 7 aromatic carbocycles. The van der Waals surface area contributed by atoms with Crippen LogP contribution in [0.2, 0.25) is 0 Å². The van der Waals surface area contributed by atoms with Crippen LogP contribution in [0, 0.1) is 0 Å². The first-order chi connectivity index (χ1) is 21.8. The van der Waals surface area contributed by atoms with Crippen molar-refractivity contribution in [2.24, 2.45) is 0 Å². The monoisotopic (exact) mass is 563 g/mol. The average Bonchev–Trinajstić information content (AvgIpc) is 3.49. The Balaban J connectivity index is 1.36. The van der Waals surface area contributed by atoms with Gasteiger partial charge in [0.25, 0.3) is 0 Å². The summed E-state index contributed by atoms with van der Waals surface area (Å²) in [6, 6.07) is 62.0. The molecule has 1 heterocycles. The van der Waals surface area contributed by atoms with E-state index in [0.717, 1.165) is 50.5 Å². The predicted molar refractivity (Wildman–Crippen MR) is 185 cm³/mol. The Bertz CT molecular complexity index is 2230. The number of nitrogens with zero attached hydrogens (tertiary/aromatic N) is 1. The molecule has 0 amide bonds. The van der Waals surface area contributed by atoms with E-state index >= 15 is 0 Å². The molecule has 0 saturated heterocycles. The highest BCUT2D eigenvalue weighted by molar-refractivity contribution is 6.02. The highest BCUT2D eigenvalue weighted by Crippen LogP contribution is 2.45. The highest BCUT2D eigenvalue weighted by Gasteiger charge is 2.21. The number of hydrogen-bond donors (Lipinski definition) is 0. The third-order valence-electron chi connectivity index (χ3n) is 8.25. The molecule has 0 atom stereocenters. The molecule has 2 heteroatoms. The molecule has 8 aromatic rings. The van der Waals surface area contributed by atoms with Crippen LogP contribution in [0.4, 0.5) is 17.1 Å². The molecule has 0 unspecified atom stereocenters. The van der Waals surface area contributed by atoms with E-state index in [1.165, 1.54) is 21.9 Å². The van der Waals surface area contributed by atoms with Crippen LogP contribution in [0.15, 0.2) is 180 Å². The van der Waals surface area contributed by atoms with E-state index in [-0.39, 0.29) is 0 Å². The number of para-hydroxylation sites is 2. The summed E-state index contributed by atoms with van der Waals surface area (Å²) in [6.07, 6.45) is 0. The van der Waals surface area contributed by atoms with Crippen LogP contribution in [-0.4, -0.2) is 0 Å². The minimum atomic E-state index is 0.869. The van der Waals surface area contributed by atoms with Gasteiger partial charge in [-0.25, -0.2) is 0 Å². The van der Waals surface area contributed by atoms with Crippen molar-refractivity contribution in [1.82, 2.24) is 0 Å². The van der Waals surface area contributed by atoms with Crippen molar-refractivity contribution in [2.45, 2.75) is 0 Å². The van der Waals surface area contributed by atoms with Crippen LogP contribution in [0.25, 0.3) is 55.3 Å². The second kappa shape index (κ2) is 11.1. The molecule has 0 aliphatic rings.